The standard InChI is InChI=1S/C17H17ClN2O3/c18-15-3-1-13(2-4-15)11-16(21)19-6-8-20(9-7-19)17(22)14-5-10-23-12-14/h1-5,10,12H,6-9,11H2. The normalized spacial score (nSPS) is 14.8. The van der Waals surface area contributed by atoms with E-state index in [4.69, 9.17) is 16.0 Å². The van der Waals surface area contributed by atoms with Crippen molar-refractivity contribution in [3.05, 3.63) is 59.0 Å². The van der Waals surface area contributed by atoms with Gasteiger partial charge in [-0.3, -0.25) is 9.59 Å². The van der Waals surface area contributed by atoms with Crippen LogP contribution in [-0.2, 0) is 11.2 Å². The number of hydrogen-bond acceptors (Lipinski definition) is 3. The predicted octanol–water partition coefficient (Wildman–Crippen LogP) is 2.46. The number of halogens is 1. The van der Waals surface area contributed by atoms with Crippen LogP contribution in [0.15, 0.2) is 47.3 Å². The fourth-order valence-electron chi connectivity index (χ4n) is 2.62. The molecule has 120 valence electrons. The first-order valence-electron chi connectivity index (χ1n) is 7.47. The molecule has 2 heterocycles. The Morgan fingerprint density at radius 1 is 1.00 bits per heavy atom. The molecule has 1 aromatic carbocycles. The van der Waals surface area contributed by atoms with Crippen LogP contribution < -0.4 is 0 Å². The van der Waals surface area contributed by atoms with Gasteiger partial charge in [0.2, 0.25) is 5.91 Å². The maximum atomic E-state index is 12.3. The molecule has 0 saturated carbocycles. The molecule has 1 saturated heterocycles. The number of hydrogen-bond donors (Lipinski definition) is 0. The molecule has 2 aromatic rings. The van der Waals surface area contributed by atoms with Gasteiger partial charge in [-0.25, -0.2) is 0 Å². The molecule has 23 heavy (non-hydrogen) atoms. The molecule has 1 aliphatic heterocycles. The second kappa shape index (κ2) is 6.87. The third-order valence-electron chi connectivity index (χ3n) is 3.96. The molecular weight excluding hydrogens is 316 g/mol. The van der Waals surface area contributed by atoms with E-state index in [1.165, 1.54) is 12.5 Å². The predicted molar refractivity (Wildman–Crippen MR) is 86.3 cm³/mol. The molecule has 1 fully saturated rings. The maximum Gasteiger partial charge on any atom is 0.257 e. The van der Waals surface area contributed by atoms with E-state index < -0.39 is 0 Å². The van der Waals surface area contributed by atoms with Crippen molar-refractivity contribution in [2.45, 2.75) is 6.42 Å². The van der Waals surface area contributed by atoms with Gasteiger partial charge in [-0.05, 0) is 23.8 Å². The molecule has 0 aliphatic carbocycles. The molecule has 0 unspecified atom stereocenters. The Labute approximate surface area is 139 Å². The van der Waals surface area contributed by atoms with Gasteiger partial charge in [0.15, 0.2) is 0 Å². The second-order valence-electron chi connectivity index (χ2n) is 5.49. The molecule has 2 amide bonds. The van der Waals surface area contributed by atoms with Gasteiger partial charge in [0, 0.05) is 31.2 Å². The summed E-state index contributed by atoms with van der Waals surface area (Å²) in [5, 5.41) is 0.660. The van der Waals surface area contributed by atoms with Crippen molar-refractivity contribution in [2.24, 2.45) is 0 Å². The molecule has 0 bridgehead atoms. The summed E-state index contributed by atoms with van der Waals surface area (Å²) in [5.41, 5.74) is 1.49. The van der Waals surface area contributed by atoms with Crippen LogP contribution in [0.5, 0.6) is 0 Å². The van der Waals surface area contributed by atoms with Crippen molar-refractivity contribution >= 4 is 23.4 Å². The third-order valence-corrected chi connectivity index (χ3v) is 4.21. The number of furan rings is 1. The zero-order valence-corrected chi connectivity index (χ0v) is 13.3. The second-order valence-corrected chi connectivity index (χ2v) is 5.92. The molecule has 0 radical (unpaired) electrons. The van der Waals surface area contributed by atoms with Gasteiger partial charge in [0.25, 0.3) is 5.91 Å². The van der Waals surface area contributed by atoms with E-state index in [0.717, 1.165) is 5.56 Å². The Balaban J connectivity index is 1.53. The summed E-state index contributed by atoms with van der Waals surface area (Å²) in [4.78, 5) is 28.1. The maximum absolute atomic E-state index is 12.3. The summed E-state index contributed by atoms with van der Waals surface area (Å²) in [5.74, 6) is 0.0197. The van der Waals surface area contributed by atoms with Crippen LogP contribution in [0, 0.1) is 0 Å². The summed E-state index contributed by atoms with van der Waals surface area (Å²) in [6.45, 7) is 2.18. The number of rotatable bonds is 3. The zero-order chi connectivity index (χ0) is 16.2. The first kappa shape index (κ1) is 15.6. The number of carbonyl (C=O) groups excluding carboxylic acids is 2. The molecule has 0 atom stereocenters. The number of piperazine rings is 1. The van der Waals surface area contributed by atoms with Crippen LogP contribution in [0.25, 0.3) is 0 Å². The molecule has 0 spiro atoms. The van der Waals surface area contributed by atoms with E-state index in [2.05, 4.69) is 0 Å². The van der Waals surface area contributed by atoms with E-state index in [9.17, 15) is 9.59 Å². The summed E-state index contributed by atoms with van der Waals surface area (Å²) in [6.07, 6.45) is 3.28. The smallest absolute Gasteiger partial charge is 0.257 e. The highest BCUT2D eigenvalue weighted by molar-refractivity contribution is 6.30. The lowest BCUT2D eigenvalue weighted by molar-refractivity contribution is -0.131. The minimum absolute atomic E-state index is 0.0523. The van der Waals surface area contributed by atoms with Gasteiger partial charge in [-0.1, -0.05) is 23.7 Å². The Kier molecular flexibility index (Phi) is 4.67. The van der Waals surface area contributed by atoms with Gasteiger partial charge >= 0.3 is 0 Å². The Bertz CT molecular complexity index is 674. The summed E-state index contributed by atoms with van der Waals surface area (Å²) < 4.78 is 4.94. The lowest BCUT2D eigenvalue weighted by atomic mass is 10.1. The van der Waals surface area contributed by atoms with Crippen LogP contribution in [0.3, 0.4) is 0 Å². The van der Waals surface area contributed by atoms with E-state index in [-0.39, 0.29) is 11.8 Å². The lowest BCUT2D eigenvalue weighted by Gasteiger charge is -2.34. The first-order chi connectivity index (χ1) is 11.1. The molecule has 1 aromatic heterocycles. The average molecular weight is 333 g/mol. The van der Waals surface area contributed by atoms with Crippen LogP contribution in [0.4, 0.5) is 0 Å². The number of carbonyl (C=O) groups is 2. The third kappa shape index (κ3) is 3.74. The summed E-state index contributed by atoms with van der Waals surface area (Å²) in [7, 11) is 0. The van der Waals surface area contributed by atoms with Crippen LogP contribution in [0.1, 0.15) is 15.9 Å². The van der Waals surface area contributed by atoms with Crippen molar-refractivity contribution in [2.75, 3.05) is 26.2 Å². The molecule has 6 heteroatoms. The minimum Gasteiger partial charge on any atom is -0.472 e. The molecule has 0 N–H and O–H groups in total. The topological polar surface area (TPSA) is 53.8 Å². The SMILES string of the molecule is O=C(Cc1ccc(Cl)cc1)N1CCN(C(=O)c2ccoc2)CC1. The number of benzene rings is 1. The van der Waals surface area contributed by atoms with Crippen molar-refractivity contribution in [3.8, 4) is 0 Å². The molecule has 1 aliphatic rings. The van der Waals surface area contributed by atoms with Gasteiger partial charge in [0.05, 0.1) is 18.2 Å². The number of amides is 2. The monoisotopic (exact) mass is 332 g/mol. The summed E-state index contributed by atoms with van der Waals surface area (Å²) >= 11 is 5.85. The Morgan fingerprint density at radius 3 is 2.26 bits per heavy atom. The molecular formula is C17H17ClN2O3. The molecule has 5 nitrogen and oxygen atoms in total. The highest BCUT2D eigenvalue weighted by atomic mass is 35.5. The van der Waals surface area contributed by atoms with Gasteiger partial charge in [0.1, 0.15) is 6.26 Å². The van der Waals surface area contributed by atoms with E-state index in [1.54, 1.807) is 28.0 Å². The highest BCUT2D eigenvalue weighted by Crippen LogP contribution is 2.13. The highest BCUT2D eigenvalue weighted by Gasteiger charge is 2.25. The van der Waals surface area contributed by atoms with E-state index in [1.807, 2.05) is 12.1 Å². The van der Waals surface area contributed by atoms with Gasteiger partial charge in [-0.2, -0.15) is 0 Å². The largest absolute Gasteiger partial charge is 0.472 e. The Hall–Kier alpha value is -2.27. The average Bonchev–Trinajstić information content (AvgIpc) is 3.11. The first-order valence-corrected chi connectivity index (χ1v) is 7.85. The van der Waals surface area contributed by atoms with Crippen LogP contribution in [-0.4, -0.2) is 47.8 Å². The van der Waals surface area contributed by atoms with Gasteiger partial charge < -0.3 is 14.2 Å². The summed E-state index contributed by atoms with van der Waals surface area (Å²) in [6, 6.07) is 8.94. The van der Waals surface area contributed by atoms with Crippen molar-refractivity contribution in [3.63, 3.8) is 0 Å². The molecule has 3 rings (SSSR count). The fourth-order valence-corrected chi connectivity index (χ4v) is 2.74. The van der Waals surface area contributed by atoms with Crippen molar-refractivity contribution in [1.82, 2.24) is 9.80 Å². The van der Waals surface area contributed by atoms with E-state index in [0.29, 0.717) is 43.2 Å². The quantitative estimate of drug-likeness (QED) is 0.867. The van der Waals surface area contributed by atoms with Crippen molar-refractivity contribution < 1.29 is 14.0 Å². The fraction of sp³-hybridized carbons (Fsp3) is 0.294. The van der Waals surface area contributed by atoms with Gasteiger partial charge in [-0.15, -0.1) is 0 Å². The van der Waals surface area contributed by atoms with Crippen molar-refractivity contribution in [1.29, 1.82) is 0 Å². The van der Waals surface area contributed by atoms with E-state index >= 15 is 0 Å². The lowest BCUT2D eigenvalue weighted by Crippen LogP contribution is -2.50. The van der Waals surface area contributed by atoms with Crippen LogP contribution >= 0.6 is 11.6 Å². The Morgan fingerprint density at radius 2 is 1.65 bits per heavy atom. The minimum atomic E-state index is -0.0523. The zero-order valence-electron chi connectivity index (χ0n) is 12.6. The number of nitrogens with zero attached hydrogens (tertiary/aromatic N) is 2. The van der Waals surface area contributed by atoms with Crippen LogP contribution in [0.2, 0.25) is 5.02 Å².